The quantitative estimate of drug-likeness (QED) is 0.787. The van der Waals surface area contributed by atoms with E-state index in [4.69, 9.17) is 28.9 Å². The number of hydrogen-bond donors (Lipinski definition) is 1. The fraction of sp³-hybridized carbons (Fsp3) is 0. The van der Waals surface area contributed by atoms with Crippen molar-refractivity contribution in [2.45, 2.75) is 0 Å². The Morgan fingerprint density at radius 3 is 2.60 bits per heavy atom. The van der Waals surface area contributed by atoms with Gasteiger partial charge in [0.25, 0.3) is 0 Å². The average Bonchev–Trinajstić information content (AvgIpc) is 2.95. The van der Waals surface area contributed by atoms with Crippen molar-refractivity contribution in [2.24, 2.45) is 0 Å². The molecule has 0 aliphatic carbocycles. The van der Waals surface area contributed by atoms with Gasteiger partial charge in [0.15, 0.2) is 5.82 Å². The molecule has 20 heavy (non-hydrogen) atoms. The molecule has 3 rings (SSSR count). The van der Waals surface area contributed by atoms with Crippen LogP contribution in [0.3, 0.4) is 0 Å². The van der Waals surface area contributed by atoms with Gasteiger partial charge in [0.1, 0.15) is 6.33 Å². The Kier molecular flexibility index (Phi) is 3.25. The van der Waals surface area contributed by atoms with Crippen molar-refractivity contribution in [2.75, 3.05) is 5.73 Å². The first-order chi connectivity index (χ1) is 9.63. The van der Waals surface area contributed by atoms with Gasteiger partial charge in [-0.2, -0.15) is 15.0 Å². The van der Waals surface area contributed by atoms with Gasteiger partial charge in [0.05, 0.1) is 10.0 Å². The van der Waals surface area contributed by atoms with Crippen LogP contribution in [0.2, 0.25) is 10.0 Å². The van der Waals surface area contributed by atoms with E-state index in [0.29, 0.717) is 27.4 Å². The minimum atomic E-state index is 0.116. The van der Waals surface area contributed by atoms with Gasteiger partial charge < -0.3 is 5.73 Å². The van der Waals surface area contributed by atoms with E-state index in [9.17, 15) is 0 Å². The molecule has 0 radical (unpaired) electrons. The van der Waals surface area contributed by atoms with E-state index in [1.807, 2.05) is 0 Å². The Morgan fingerprint density at radius 2 is 1.90 bits per heavy atom. The molecule has 0 spiro atoms. The molecule has 100 valence electrons. The minimum Gasteiger partial charge on any atom is -0.368 e. The van der Waals surface area contributed by atoms with Crippen LogP contribution in [0.25, 0.3) is 17.3 Å². The van der Waals surface area contributed by atoms with E-state index in [1.54, 1.807) is 41.5 Å². The molecule has 0 saturated carbocycles. The van der Waals surface area contributed by atoms with Crippen molar-refractivity contribution >= 4 is 29.2 Å². The lowest BCUT2D eigenvalue weighted by Crippen LogP contribution is -2.06. The zero-order chi connectivity index (χ0) is 14.1. The third kappa shape index (κ3) is 2.43. The Labute approximate surface area is 124 Å². The number of benzene rings is 1. The molecule has 3 aromatic rings. The van der Waals surface area contributed by atoms with Crippen LogP contribution in [-0.4, -0.2) is 24.5 Å². The normalized spacial score (nSPS) is 10.7. The lowest BCUT2D eigenvalue weighted by molar-refractivity contribution is 0.906. The zero-order valence-corrected chi connectivity index (χ0v) is 11.5. The van der Waals surface area contributed by atoms with E-state index in [0.717, 1.165) is 0 Å². The van der Waals surface area contributed by atoms with Crippen LogP contribution in [0.15, 0.2) is 36.9 Å². The summed E-state index contributed by atoms with van der Waals surface area (Å²) in [5.41, 5.74) is 6.42. The van der Waals surface area contributed by atoms with Crippen LogP contribution >= 0.6 is 23.2 Å². The summed E-state index contributed by atoms with van der Waals surface area (Å²) in [6.07, 6.45) is 4.92. The molecule has 2 aromatic heterocycles. The molecule has 0 saturated heterocycles. The first kappa shape index (κ1) is 12.8. The summed E-state index contributed by atoms with van der Waals surface area (Å²) in [6.45, 7) is 0. The highest BCUT2D eigenvalue weighted by molar-refractivity contribution is 6.42. The van der Waals surface area contributed by atoms with Crippen LogP contribution in [0.5, 0.6) is 0 Å². The van der Waals surface area contributed by atoms with Gasteiger partial charge in [0, 0.05) is 18.0 Å². The van der Waals surface area contributed by atoms with Gasteiger partial charge in [-0.25, -0.2) is 4.98 Å². The van der Waals surface area contributed by atoms with Crippen molar-refractivity contribution in [1.82, 2.24) is 24.5 Å². The highest BCUT2D eigenvalue weighted by atomic mass is 35.5. The molecular formula is C12H8Cl2N6. The lowest BCUT2D eigenvalue weighted by atomic mass is 10.2. The number of hydrogen-bond acceptors (Lipinski definition) is 5. The van der Waals surface area contributed by atoms with Gasteiger partial charge in [-0.05, 0) is 18.2 Å². The molecule has 0 fully saturated rings. The number of halogens is 2. The van der Waals surface area contributed by atoms with Crippen LogP contribution in [0.4, 0.5) is 5.95 Å². The first-order valence-electron chi connectivity index (χ1n) is 5.59. The van der Waals surface area contributed by atoms with Crippen molar-refractivity contribution in [3.8, 4) is 17.3 Å². The molecule has 0 atom stereocenters. The summed E-state index contributed by atoms with van der Waals surface area (Å²) in [4.78, 5) is 16.4. The smallest absolute Gasteiger partial charge is 0.240 e. The van der Waals surface area contributed by atoms with Gasteiger partial charge >= 0.3 is 0 Å². The zero-order valence-electron chi connectivity index (χ0n) is 10.0. The molecule has 6 nitrogen and oxygen atoms in total. The minimum absolute atomic E-state index is 0.116. The number of nitrogens with zero attached hydrogens (tertiary/aromatic N) is 5. The van der Waals surface area contributed by atoms with Crippen LogP contribution in [0, 0.1) is 0 Å². The van der Waals surface area contributed by atoms with Crippen molar-refractivity contribution in [3.63, 3.8) is 0 Å². The van der Waals surface area contributed by atoms with E-state index < -0.39 is 0 Å². The fourth-order valence-electron chi connectivity index (χ4n) is 1.64. The Bertz CT molecular complexity index is 757. The predicted molar refractivity (Wildman–Crippen MR) is 76.8 cm³/mol. The van der Waals surface area contributed by atoms with E-state index in [1.165, 1.54) is 0 Å². The summed E-state index contributed by atoms with van der Waals surface area (Å²) in [7, 11) is 0. The monoisotopic (exact) mass is 306 g/mol. The number of anilines is 1. The van der Waals surface area contributed by atoms with Gasteiger partial charge in [-0.15, -0.1) is 0 Å². The largest absolute Gasteiger partial charge is 0.368 e. The van der Waals surface area contributed by atoms with Crippen LogP contribution < -0.4 is 5.73 Å². The standard InChI is InChI=1S/C12H8Cl2N6/c13-8-2-1-7(5-9(8)14)10-17-11(15)19-12(18-10)20-4-3-16-6-20/h1-6H,(H2,15,17,18,19). The molecule has 1 aromatic carbocycles. The summed E-state index contributed by atoms with van der Waals surface area (Å²) >= 11 is 11.9. The van der Waals surface area contributed by atoms with Crippen molar-refractivity contribution in [3.05, 3.63) is 47.0 Å². The maximum Gasteiger partial charge on any atom is 0.240 e. The summed E-state index contributed by atoms with van der Waals surface area (Å²) in [6, 6.07) is 5.12. The maximum atomic E-state index is 5.99. The number of nitrogen functional groups attached to an aromatic ring is 1. The van der Waals surface area contributed by atoms with Crippen LogP contribution in [-0.2, 0) is 0 Å². The van der Waals surface area contributed by atoms with E-state index in [-0.39, 0.29) is 5.95 Å². The SMILES string of the molecule is Nc1nc(-c2ccc(Cl)c(Cl)c2)nc(-n2ccnc2)n1. The third-order valence-electron chi connectivity index (χ3n) is 2.55. The average molecular weight is 307 g/mol. The van der Waals surface area contributed by atoms with Crippen molar-refractivity contribution in [1.29, 1.82) is 0 Å². The molecule has 0 amide bonds. The molecule has 2 heterocycles. The topological polar surface area (TPSA) is 82.5 Å². The summed E-state index contributed by atoms with van der Waals surface area (Å²) in [5.74, 6) is 0.917. The molecule has 8 heteroatoms. The molecule has 2 N–H and O–H groups in total. The molecule has 0 aliphatic heterocycles. The number of nitrogens with two attached hydrogens (primary N) is 1. The molecule has 0 aliphatic rings. The predicted octanol–water partition coefficient (Wildman–Crippen LogP) is 2.61. The number of aromatic nitrogens is 5. The number of imidazole rings is 1. The van der Waals surface area contributed by atoms with Gasteiger partial charge in [-0.3, -0.25) is 4.57 Å². The highest BCUT2D eigenvalue weighted by Gasteiger charge is 2.09. The van der Waals surface area contributed by atoms with E-state index in [2.05, 4.69) is 19.9 Å². The lowest BCUT2D eigenvalue weighted by Gasteiger charge is -2.06. The molecular weight excluding hydrogens is 299 g/mol. The second-order valence-corrected chi connectivity index (χ2v) is 4.73. The summed E-state index contributed by atoms with van der Waals surface area (Å²) in [5, 5.41) is 0.889. The fourth-order valence-corrected chi connectivity index (χ4v) is 1.94. The Balaban J connectivity index is 2.12. The second kappa shape index (κ2) is 5.07. The molecule has 0 unspecified atom stereocenters. The first-order valence-corrected chi connectivity index (χ1v) is 6.34. The summed E-state index contributed by atoms with van der Waals surface area (Å²) < 4.78 is 1.64. The molecule has 0 bridgehead atoms. The number of rotatable bonds is 2. The van der Waals surface area contributed by atoms with E-state index >= 15 is 0 Å². The maximum absolute atomic E-state index is 5.99. The Morgan fingerprint density at radius 1 is 1.05 bits per heavy atom. The van der Waals surface area contributed by atoms with Gasteiger partial charge in [0.2, 0.25) is 11.9 Å². The van der Waals surface area contributed by atoms with Crippen molar-refractivity contribution < 1.29 is 0 Å². The third-order valence-corrected chi connectivity index (χ3v) is 3.29. The van der Waals surface area contributed by atoms with Crippen LogP contribution in [0.1, 0.15) is 0 Å². The Hall–Kier alpha value is -2.18. The second-order valence-electron chi connectivity index (χ2n) is 3.92. The highest BCUT2D eigenvalue weighted by Crippen LogP contribution is 2.27. The van der Waals surface area contributed by atoms with Gasteiger partial charge in [-0.1, -0.05) is 23.2 Å².